The third kappa shape index (κ3) is 4.68. The van der Waals surface area contributed by atoms with Gasteiger partial charge in [-0.2, -0.15) is 0 Å². The number of fused-ring (bicyclic) bond motifs is 4. The Morgan fingerprint density at radius 3 is 2.38 bits per heavy atom. The minimum absolute atomic E-state index is 0.315. The predicted octanol–water partition coefficient (Wildman–Crippen LogP) is 4.44. The van der Waals surface area contributed by atoms with Crippen molar-refractivity contribution in [3.63, 3.8) is 0 Å². The summed E-state index contributed by atoms with van der Waals surface area (Å²) in [6.07, 6.45) is 2.39. The van der Waals surface area contributed by atoms with E-state index < -0.39 is 5.78 Å². The summed E-state index contributed by atoms with van der Waals surface area (Å²) in [5, 5.41) is 0. The van der Waals surface area contributed by atoms with Crippen molar-refractivity contribution < 1.29 is 23.8 Å². The quantitative estimate of drug-likeness (QED) is 0.319. The van der Waals surface area contributed by atoms with Gasteiger partial charge in [-0.05, 0) is 47.7 Å². The number of Topliss-reactive ketones (excluding diaryl/α,β-unsaturated/α-hetero) is 1. The monoisotopic (exact) mass is 459 g/mol. The van der Waals surface area contributed by atoms with Crippen molar-refractivity contribution in [3.05, 3.63) is 88.5 Å². The average molecular weight is 460 g/mol. The van der Waals surface area contributed by atoms with Crippen LogP contribution < -0.4 is 14.2 Å². The van der Waals surface area contributed by atoms with Crippen LogP contribution in [-0.4, -0.2) is 44.8 Å². The van der Waals surface area contributed by atoms with Gasteiger partial charge in [-0.3, -0.25) is 14.5 Å². The number of ketones is 1. The number of carbonyl (C=O) groups excluding carboxylic acids is 2. The summed E-state index contributed by atoms with van der Waals surface area (Å²) < 4.78 is 16.6. The second kappa shape index (κ2) is 10.5. The maximum absolute atomic E-state index is 10.6. The van der Waals surface area contributed by atoms with Crippen LogP contribution in [0.5, 0.6) is 17.2 Å². The molecule has 0 fully saturated rings. The number of ether oxygens (including phenoxy) is 3. The van der Waals surface area contributed by atoms with Crippen LogP contribution in [0.15, 0.2) is 60.7 Å². The van der Waals surface area contributed by atoms with Crippen molar-refractivity contribution in [1.82, 2.24) is 4.90 Å². The highest BCUT2D eigenvalue weighted by atomic mass is 16.5. The van der Waals surface area contributed by atoms with Gasteiger partial charge in [0.05, 0.1) is 21.3 Å². The molecule has 2 aliphatic rings. The number of rotatable bonds is 5. The van der Waals surface area contributed by atoms with Gasteiger partial charge >= 0.3 is 0 Å². The zero-order chi connectivity index (χ0) is 24.1. The Bertz CT molecular complexity index is 1170. The first-order valence-electron chi connectivity index (χ1n) is 11.3. The minimum atomic E-state index is -0.472. The van der Waals surface area contributed by atoms with Crippen LogP contribution in [0.3, 0.4) is 0 Å². The third-order valence-corrected chi connectivity index (χ3v) is 6.51. The van der Waals surface area contributed by atoms with Crippen molar-refractivity contribution >= 4 is 12.1 Å². The number of hydrogen-bond acceptors (Lipinski definition) is 6. The highest BCUT2D eigenvalue weighted by Gasteiger charge is 2.34. The first kappa shape index (κ1) is 23.5. The van der Waals surface area contributed by atoms with E-state index in [-0.39, 0.29) is 0 Å². The summed E-state index contributed by atoms with van der Waals surface area (Å²) >= 11 is 0. The summed E-state index contributed by atoms with van der Waals surface area (Å²) in [6.45, 7) is 1.97. The maximum atomic E-state index is 10.6. The van der Waals surface area contributed by atoms with Crippen LogP contribution in [0.1, 0.15) is 38.7 Å². The molecule has 1 unspecified atom stereocenters. The van der Waals surface area contributed by atoms with Gasteiger partial charge in [0.15, 0.2) is 17.8 Å². The molecule has 0 spiro atoms. The van der Waals surface area contributed by atoms with Crippen LogP contribution in [0.2, 0.25) is 0 Å². The van der Waals surface area contributed by atoms with Crippen molar-refractivity contribution in [2.75, 3.05) is 27.9 Å². The Kier molecular flexibility index (Phi) is 7.28. The van der Waals surface area contributed by atoms with E-state index in [1.807, 2.05) is 6.07 Å². The lowest BCUT2D eigenvalue weighted by Gasteiger charge is -2.42. The second-order valence-corrected chi connectivity index (χ2v) is 8.29. The number of carbonyl (C=O) groups is 2. The molecule has 0 radical (unpaired) electrons. The molecular formula is C28H29NO5. The van der Waals surface area contributed by atoms with Crippen molar-refractivity contribution in [2.24, 2.45) is 0 Å². The molecule has 0 bridgehead atoms. The van der Waals surface area contributed by atoms with Crippen LogP contribution >= 0.6 is 0 Å². The molecule has 3 aromatic rings. The topological polar surface area (TPSA) is 65.1 Å². The van der Waals surface area contributed by atoms with Crippen LogP contribution in [-0.2, 0) is 24.2 Å². The first-order valence-corrected chi connectivity index (χ1v) is 11.3. The lowest BCUT2D eigenvalue weighted by atomic mass is 9.83. The van der Waals surface area contributed by atoms with Gasteiger partial charge in [-0.1, -0.05) is 42.5 Å². The number of hydrogen-bond donors (Lipinski definition) is 0. The van der Waals surface area contributed by atoms with E-state index >= 15 is 0 Å². The van der Waals surface area contributed by atoms with Gasteiger partial charge in [0.1, 0.15) is 5.75 Å². The van der Waals surface area contributed by atoms with Gasteiger partial charge in [-0.25, -0.2) is 0 Å². The Balaban J connectivity index is 0.000000231. The molecule has 0 saturated heterocycles. The maximum Gasteiger partial charge on any atom is 0.225 e. The van der Waals surface area contributed by atoms with E-state index in [0.29, 0.717) is 17.9 Å². The molecular weight excluding hydrogens is 430 g/mol. The number of methoxy groups -OCH3 is 3. The lowest BCUT2D eigenvalue weighted by Crippen LogP contribution is -2.39. The highest BCUT2D eigenvalue weighted by molar-refractivity contribution is 6.33. The van der Waals surface area contributed by atoms with Crippen LogP contribution in [0.4, 0.5) is 0 Å². The van der Waals surface area contributed by atoms with Gasteiger partial charge in [-0.15, -0.1) is 0 Å². The third-order valence-electron chi connectivity index (χ3n) is 6.51. The molecule has 5 rings (SSSR count). The molecule has 2 heterocycles. The van der Waals surface area contributed by atoms with E-state index in [9.17, 15) is 9.59 Å². The molecule has 0 saturated carbocycles. The molecule has 6 nitrogen and oxygen atoms in total. The normalized spacial score (nSPS) is 16.0. The first-order chi connectivity index (χ1) is 16.6. The second-order valence-electron chi connectivity index (χ2n) is 8.29. The van der Waals surface area contributed by atoms with Gasteiger partial charge in [0.25, 0.3) is 0 Å². The van der Waals surface area contributed by atoms with Crippen molar-refractivity contribution in [2.45, 2.75) is 25.4 Å². The molecule has 6 heteroatoms. The zero-order valence-electron chi connectivity index (χ0n) is 19.7. The summed E-state index contributed by atoms with van der Waals surface area (Å²) in [5.41, 5.74) is 5.91. The molecule has 0 aliphatic carbocycles. The summed E-state index contributed by atoms with van der Waals surface area (Å²) in [5.74, 6) is 2.16. The largest absolute Gasteiger partial charge is 0.497 e. The summed E-state index contributed by atoms with van der Waals surface area (Å²) in [4.78, 5) is 23.1. The fraction of sp³-hybridized carbons (Fsp3) is 0.286. The number of nitrogens with zero attached hydrogens (tertiary/aromatic N) is 1. The molecule has 0 amide bonds. The molecule has 0 aromatic heterocycles. The highest BCUT2D eigenvalue weighted by Crippen LogP contribution is 2.44. The number of benzene rings is 3. The fourth-order valence-electron chi connectivity index (χ4n) is 4.76. The predicted molar refractivity (Wildman–Crippen MR) is 130 cm³/mol. The molecule has 0 N–H and O–H groups in total. The van der Waals surface area contributed by atoms with E-state index in [2.05, 4.69) is 29.2 Å². The smallest absolute Gasteiger partial charge is 0.225 e. The summed E-state index contributed by atoms with van der Waals surface area (Å²) in [6, 6.07) is 19.6. The Morgan fingerprint density at radius 2 is 1.71 bits per heavy atom. The van der Waals surface area contributed by atoms with Crippen molar-refractivity contribution in [1.29, 1.82) is 0 Å². The van der Waals surface area contributed by atoms with Gasteiger partial charge in [0.2, 0.25) is 5.78 Å². The lowest BCUT2D eigenvalue weighted by molar-refractivity contribution is -0.104. The van der Waals surface area contributed by atoms with Gasteiger partial charge in [0, 0.05) is 30.3 Å². The number of aldehydes is 1. The zero-order valence-corrected chi connectivity index (χ0v) is 19.7. The SMILES string of the molecule is COc1ccc2c(c1)C1Cc3ccc(OC)c(OC)c3CN1CC2.O=CC(=O)c1ccccc1. The van der Waals surface area contributed by atoms with Gasteiger partial charge < -0.3 is 14.2 Å². The average Bonchev–Trinajstić information content (AvgIpc) is 2.91. The van der Waals surface area contributed by atoms with E-state index in [1.165, 1.54) is 22.3 Å². The van der Waals surface area contributed by atoms with Crippen LogP contribution in [0.25, 0.3) is 0 Å². The van der Waals surface area contributed by atoms with Crippen molar-refractivity contribution in [3.8, 4) is 17.2 Å². The van der Waals surface area contributed by atoms with E-state index in [4.69, 9.17) is 14.2 Å². The van der Waals surface area contributed by atoms with E-state index in [1.54, 1.807) is 51.7 Å². The molecule has 3 aromatic carbocycles. The molecule has 1 atom stereocenters. The Morgan fingerprint density at radius 1 is 0.941 bits per heavy atom. The van der Waals surface area contributed by atoms with E-state index in [0.717, 1.165) is 43.2 Å². The fourth-order valence-corrected chi connectivity index (χ4v) is 4.76. The standard InChI is InChI=1S/C20H23NO3.C8H6O2/c1-22-15-6-4-13-8-9-21-12-17-14(10-18(21)16(13)11-15)5-7-19(23-2)20(17)24-3;9-6-8(10)7-4-2-1-3-5-7/h4-7,11,18H,8-10,12H2,1-3H3;1-6H. The molecule has 2 aliphatic heterocycles. The Labute approximate surface area is 200 Å². The minimum Gasteiger partial charge on any atom is -0.497 e. The molecule has 176 valence electrons. The van der Waals surface area contributed by atoms with Crippen LogP contribution in [0, 0.1) is 0 Å². The Hall–Kier alpha value is -3.64. The summed E-state index contributed by atoms with van der Waals surface area (Å²) in [7, 11) is 5.15. The molecule has 34 heavy (non-hydrogen) atoms.